The quantitative estimate of drug-likeness (QED) is 0.216. The third-order valence-corrected chi connectivity index (χ3v) is 7.54. The fourth-order valence-corrected chi connectivity index (χ4v) is 5.47. The van der Waals surface area contributed by atoms with Crippen LogP contribution in [0.15, 0.2) is 23.0 Å². The van der Waals surface area contributed by atoms with Gasteiger partial charge in [-0.15, -0.1) is 11.8 Å². The van der Waals surface area contributed by atoms with Crippen molar-refractivity contribution in [3.05, 3.63) is 24.2 Å². The first-order chi connectivity index (χ1) is 15.3. The summed E-state index contributed by atoms with van der Waals surface area (Å²) in [5.41, 5.74) is 1.11. The fourth-order valence-electron chi connectivity index (χ4n) is 4.25. The SMILES string of the molecule is CCCCCCCCCCCCCCCCCCNC(=O)[C@H]1CSC(c2ccoc2)N1. The van der Waals surface area contributed by atoms with Gasteiger partial charge >= 0.3 is 0 Å². The lowest BCUT2D eigenvalue weighted by Gasteiger charge is -2.12. The molecule has 1 unspecified atom stereocenters. The molecular formula is C26H46N2O2S. The van der Waals surface area contributed by atoms with Crippen molar-refractivity contribution in [3.8, 4) is 0 Å². The summed E-state index contributed by atoms with van der Waals surface area (Å²) in [6.45, 7) is 3.09. The Kier molecular flexibility index (Phi) is 14.9. The summed E-state index contributed by atoms with van der Waals surface area (Å²) in [4.78, 5) is 12.3. The molecule has 1 aromatic rings. The van der Waals surface area contributed by atoms with Crippen molar-refractivity contribution in [1.82, 2.24) is 10.6 Å². The number of carbonyl (C=O) groups excluding carboxylic acids is 1. The van der Waals surface area contributed by atoms with Crippen LogP contribution in [0.2, 0.25) is 0 Å². The van der Waals surface area contributed by atoms with E-state index in [1.165, 1.54) is 96.3 Å². The number of carbonyl (C=O) groups is 1. The Morgan fingerprint density at radius 1 is 0.935 bits per heavy atom. The van der Waals surface area contributed by atoms with E-state index in [4.69, 9.17) is 4.42 Å². The summed E-state index contributed by atoms with van der Waals surface area (Å²) < 4.78 is 5.14. The number of nitrogens with one attached hydrogen (secondary N) is 2. The van der Waals surface area contributed by atoms with Gasteiger partial charge in [-0.25, -0.2) is 0 Å². The molecule has 0 radical (unpaired) electrons. The van der Waals surface area contributed by atoms with Gasteiger partial charge in [-0.2, -0.15) is 0 Å². The van der Waals surface area contributed by atoms with Crippen molar-refractivity contribution < 1.29 is 9.21 Å². The Hall–Kier alpha value is -0.940. The minimum absolute atomic E-state index is 0.0917. The van der Waals surface area contributed by atoms with Gasteiger partial charge in [0.2, 0.25) is 5.91 Å². The summed E-state index contributed by atoms with van der Waals surface area (Å²) >= 11 is 1.77. The van der Waals surface area contributed by atoms with Crippen LogP contribution in [0.3, 0.4) is 0 Å². The molecule has 1 fully saturated rings. The molecule has 4 nitrogen and oxygen atoms in total. The zero-order valence-electron chi connectivity index (χ0n) is 19.8. The van der Waals surface area contributed by atoms with Gasteiger partial charge in [-0.3, -0.25) is 10.1 Å². The highest BCUT2D eigenvalue weighted by Crippen LogP contribution is 2.32. The van der Waals surface area contributed by atoms with Crippen molar-refractivity contribution in [3.63, 3.8) is 0 Å². The van der Waals surface area contributed by atoms with Gasteiger partial charge in [-0.05, 0) is 12.5 Å². The zero-order valence-corrected chi connectivity index (χ0v) is 20.7. The molecule has 31 heavy (non-hydrogen) atoms. The van der Waals surface area contributed by atoms with Crippen molar-refractivity contribution in [2.75, 3.05) is 12.3 Å². The van der Waals surface area contributed by atoms with Gasteiger partial charge in [0.15, 0.2) is 0 Å². The van der Waals surface area contributed by atoms with E-state index in [0.717, 1.165) is 24.3 Å². The second-order valence-corrected chi connectivity index (χ2v) is 10.2. The van der Waals surface area contributed by atoms with Crippen LogP contribution in [0.25, 0.3) is 0 Å². The van der Waals surface area contributed by atoms with Crippen LogP contribution in [0.4, 0.5) is 0 Å². The van der Waals surface area contributed by atoms with E-state index >= 15 is 0 Å². The molecule has 0 saturated carbocycles. The number of furan rings is 1. The van der Waals surface area contributed by atoms with Crippen LogP contribution >= 0.6 is 11.8 Å². The minimum atomic E-state index is -0.0917. The molecule has 1 amide bonds. The average Bonchev–Trinajstić information content (AvgIpc) is 3.48. The molecular weight excluding hydrogens is 404 g/mol. The summed E-state index contributed by atoms with van der Waals surface area (Å²) in [6.07, 6.45) is 25.4. The van der Waals surface area contributed by atoms with E-state index < -0.39 is 0 Å². The standard InChI is InChI=1S/C26H46N2O2S/c1-2-3-4-5-6-7-8-9-10-11-12-13-14-15-16-17-19-27-25(29)24-22-31-26(28-24)23-18-20-30-21-23/h18,20-21,24,26,28H,2-17,19,22H2,1H3,(H,27,29)/t24-,26?/m1/s1. The monoisotopic (exact) mass is 450 g/mol. The topological polar surface area (TPSA) is 54.3 Å². The highest BCUT2D eigenvalue weighted by molar-refractivity contribution is 7.99. The van der Waals surface area contributed by atoms with E-state index in [1.54, 1.807) is 24.3 Å². The van der Waals surface area contributed by atoms with E-state index in [1.807, 2.05) is 6.07 Å². The van der Waals surface area contributed by atoms with Crippen LogP contribution in [0, 0.1) is 0 Å². The maximum absolute atomic E-state index is 12.3. The Morgan fingerprint density at radius 3 is 2.00 bits per heavy atom. The molecule has 5 heteroatoms. The number of hydrogen-bond donors (Lipinski definition) is 2. The molecule has 2 rings (SSSR count). The summed E-state index contributed by atoms with van der Waals surface area (Å²) in [5.74, 6) is 0.958. The first-order valence-corrected chi connectivity index (χ1v) is 14.0. The van der Waals surface area contributed by atoms with Crippen molar-refractivity contribution in [2.45, 2.75) is 121 Å². The molecule has 2 heterocycles. The number of hydrogen-bond acceptors (Lipinski definition) is 4. The van der Waals surface area contributed by atoms with Crippen molar-refractivity contribution >= 4 is 17.7 Å². The summed E-state index contributed by atoms with van der Waals surface area (Å²) in [7, 11) is 0. The van der Waals surface area contributed by atoms with Gasteiger partial charge in [0.05, 0.1) is 23.9 Å². The summed E-state index contributed by atoms with van der Waals surface area (Å²) in [5, 5.41) is 6.66. The second kappa shape index (κ2) is 17.6. The third kappa shape index (κ3) is 12.0. The predicted molar refractivity (Wildman–Crippen MR) is 133 cm³/mol. The highest BCUT2D eigenvalue weighted by atomic mass is 32.2. The number of thioether (sulfide) groups is 1. The molecule has 2 atom stereocenters. The Labute approximate surface area is 195 Å². The molecule has 1 aliphatic heterocycles. The largest absolute Gasteiger partial charge is 0.472 e. The van der Waals surface area contributed by atoms with Crippen LogP contribution in [-0.4, -0.2) is 24.2 Å². The van der Waals surface area contributed by atoms with E-state index in [2.05, 4.69) is 17.6 Å². The number of unbranched alkanes of at least 4 members (excludes halogenated alkanes) is 15. The molecule has 1 saturated heterocycles. The van der Waals surface area contributed by atoms with Crippen LogP contribution < -0.4 is 10.6 Å². The average molecular weight is 451 g/mol. The van der Waals surface area contributed by atoms with Crippen LogP contribution in [0.1, 0.15) is 121 Å². The molecule has 2 N–H and O–H groups in total. The first kappa shape index (κ1) is 26.3. The molecule has 0 bridgehead atoms. The van der Waals surface area contributed by atoms with Gasteiger partial charge < -0.3 is 9.73 Å². The molecule has 1 aliphatic rings. The minimum Gasteiger partial charge on any atom is -0.472 e. The first-order valence-electron chi connectivity index (χ1n) is 13.0. The summed E-state index contributed by atoms with van der Waals surface area (Å²) in [6, 6.07) is 1.87. The van der Waals surface area contributed by atoms with Gasteiger partial charge in [0.25, 0.3) is 0 Å². The Morgan fingerprint density at radius 2 is 1.48 bits per heavy atom. The van der Waals surface area contributed by atoms with Crippen molar-refractivity contribution in [1.29, 1.82) is 0 Å². The van der Waals surface area contributed by atoms with Gasteiger partial charge in [0, 0.05) is 17.9 Å². The molecule has 0 aliphatic carbocycles. The Bertz CT molecular complexity index is 550. The van der Waals surface area contributed by atoms with E-state index in [0.29, 0.717) is 0 Å². The maximum Gasteiger partial charge on any atom is 0.238 e. The van der Waals surface area contributed by atoms with E-state index in [9.17, 15) is 4.79 Å². The fraction of sp³-hybridized carbons (Fsp3) is 0.808. The van der Waals surface area contributed by atoms with Crippen LogP contribution in [0.5, 0.6) is 0 Å². The lowest BCUT2D eigenvalue weighted by atomic mass is 10.0. The van der Waals surface area contributed by atoms with Crippen LogP contribution in [-0.2, 0) is 4.79 Å². The van der Waals surface area contributed by atoms with E-state index in [-0.39, 0.29) is 17.3 Å². The maximum atomic E-state index is 12.3. The zero-order chi connectivity index (χ0) is 22.0. The second-order valence-electron chi connectivity index (χ2n) is 9.08. The normalized spacial score (nSPS) is 18.5. The van der Waals surface area contributed by atoms with Crippen molar-refractivity contribution in [2.24, 2.45) is 0 Å². The molecule has 178 valence electrons. The lowest BCUT2D eigenvalue weighted by molar-refractivity contribution is -0.122. The highest BCUT2D eigenvalue weighted by Gasteiger charge is 2.30. The number of rotatable bonds is 19. The molecule has 0 aromatic carbocycles. The Balaban J connectivity index is 1.30. The number of amides is 1. The third-order valence-electron chi connectivity index (χ3n) is 6.27. The van der Waals surface area contributed by atoms with Gasteiger partial charge in [-0.1, -0.05) is 103 Å². The molecule has 1 aromatic heterocycles. The smallest absolute Gasteiger partial charge is 0.238 e. The van der Waals surface area contributed by atoms with Gasteiger partial charge in [0.1, 0.15) is 0 Å². The molecule has 0 spiro atoms. The predicted octanol–water partition coefficient (Wildman–Crippen LogP) is 7.36. The lowest BCUT2D eigenvalue weighted by Crippen LogP contribution is -2.42.